The Labute approximate surface area is 434 Å². The molecule has 1 aromatic rings. The van der Waals surface area contributed by atoms with Crippen LogP contribution in [-0.2, 0) is 61.6 Å². The van der Waals surface area contributed by atoms with Crippen molar-refractivity contribution in [3.05, 3.63) is 47.5 Å². The van der Waals surface area contributed by atoms with E-state index in [0.717, 1.165) is 5.57 Å². The summed E-state index contributed by atoms with van der Waals surface area (Å²) in [6, 6.07) is 8.48. The molecule has 416 valence electrons. The maximum Gasteiger partial charge on any atom is 0.338 e. The van der Waals surface area contributed by atoms with Crippen molar-refractivity contribution in [1.82, 2.24) is 0 Å². The van der Waals surface area contributed by atoms with Gasteiger partial charge in [0, 0.05) is 52.9 Å². The van der Waals surface area contributed by atoms with Gasteiger partial charge in [0.05, 0.1) is 65.9 Å². The van der Waals surface area contributed by atoms with Gasteiger partial charge in [-0.25, -0.2) is 4.79 Å². The Kier molecular flexibility index (Phi) is 16.4. The summed E-state index contributed by atoms with van der Waals surface area (Å²) in [7, 11) is 4.78. The molecule has 4 aliphatic carbocycles. The second-order valence-corrected chi connectivity index (χ2v) is 23.0. The predicted molar refractivity (Wildman–Crippen MR) is 261 cm³/mol. The van der Waals surface area contributed by atoms with Gasteiger partial charge in [0.2, 0.25) is 0 Å². The quantitative estimate of drug-likeness (QED) is 0.130. The molecule has 4 heterocycles. The minimum atomic E-state index is -2.05. The molecular weight excluding hydrogens is 965 g/mol. The van der Waals surface area contributed by atoms with Crippen LogP contribution in [0, 0.1) is 16.7 Å². The van der Waals surface area contributed by atoms with E-state index in [2.05, 4.69) is 6.92 Å². The fourth-order valence-electron chi connectivity index (χ4n) is 14.6. The molecule has 4 aliphatic heterocycles. The zero-order chi connectivity index (χ0) is 53.3. The molecule has 19 nitrogen and oxygen atoms in total. The Bertz CT molecular complexity index is 2150. The lowest BCUT2D eigenvalue weighted by Gasteiger charge is -2.67. The number of esters is 1. The van der Waals surface area contributed by atoms with Crippen molar-refractivity contribution in [2.24, 2.45) is 16.7 Å². The molecule has 0 unspecified atom stereocenters. The molecule has 0 aromatic heterocycles. The molecule has 74 heavy (non-hydrogen) atoms. The van der Waals surface area contributed by atoms with Crippen molar-refractivity contribution in [3.8, 4) is 0 Å². The molecule has 4 saturated heterocycles. The van der Waals surface area contributed by atoms with Gasteiger partial charge in [0.15, 0.2) is 30.9 Å². The van der Waals surface area contributed by atoms with Gasteiger partial charge in [0.1, 0.15) is 47.3 Å². The van der Waals surface area contributed by atoms with Gasteiger partial charge < -0.3 is 82.4 Å². The number of Topliss-reactive ketones (excluding diaryl/α,β-unsaturated/α-hetero) is 1. The van der Waals surface area contributed by atoms with Crippen LogP contribution in [0.25, 0.3) is 0 Å². The average molecular weight is 1050 g/mol. The third-order valence-corrected chi connectivity index (χ3v) is 19.1. The van der Waals surface area contributed by atoms with E-state index in [1.165, 1.54) is 6.92 Å². The number of aliphatic hydroxyl groups is 5. The highest BCUT2D eigenvalue weighted by Crippen LogP contribution is 2.71. The van der Waals surface area contributed by atoms with E-state index < -0.39 is 144 Å². The number of aliphatic hydroxyl groups excluding tert-OH is 2. The van der Waals surface area contributed by atoms with Gasteiger partial charge in [-0.15, -0.1) is 0 Å². The van der Waals surface area contributed by atoms with Crippen molar-refractivity contribution in [1.29, 1.82) is 0 Å². The van der Waals surface area contributed by atoms with Crippen molar-refractivity contribution < 1.29 is 92.0 Å². The van der Waals surface area contributed by atoms with Crippen LogP contribution in [0.4, 0.5) is 0 Å². The summed E-state index contributed by atoms with van der Waals surface area (Å²) >= 11 is 0. The van der Waals surface area contributed by atoms with Crippen molar-refractivity contribution in [2.75, 3.05) is 21.3 Å². The summed E-state index contributed by atoms with van der Waals surface area (Å²) in [5, 5.41) is 60.0. The van der Waals surface area contributed by atoms with Crippen LogP contribution in [0.1, 0.15) is 129 Å². The van der Waals surface area contributed by atoms with Crippen molar-refractivity contribution >= 4 is 11.8 Å². The summed E-state index contributed by atoms with van der Waals surface area (Å²) in [5.74, 6) is -1.79. The van der Waals surface area contributed by atoms with E-state index in [-0.39, 0.29) is 44.3 Å². The van der Waals surface area contributed by atoms with Crippen molar-refractivity contribution in [3.63, 3.8) is 0 Å². The number of hydrogen-bond donors (Lipinski definition) is 5. The monoisotopic (exact) mass is 1050 g/mol. The van der Waals surface area contributed by atoms with Crippen LogP contribution in [0.3, 0.4) is 0 Å². The summed E-state index contributed by atoms with van der Waals surface area (Å²) < 4.78 is 74.7. The number of ether oxygens (including phenoxy) is 12. The van der Waals surface area contributed by atoms with E-state index in [0.29, 0.717) is 44.1 Å². The second kappa shape index (κ2) is 21.6. The zero-order valence-corrected chi connectivity index (χ0v) is 44.7. The Morgan fingerprint density at radius 3 is 1.73 bits per heavy atom. The fraction of sp³-hybridized carbons (Fsp3) is 0.818. The predicted octanol–water partition coefficient (Wildman–Crippen LogP) is 4.18. The Morgan fingerprint density at radius 1 is 0.649 bits per heavy atom. The minimum absolute atomic E-state index is 0.0561. The number of hydrogen-bond acceptors (Lipinski definition) is 19. The maximum absolute atomic E-state index is 13.7. The average Bonchev–Trinajstić information content (AvgIpc) is 3.61. The highest BCUT2D eigenvalue weighted by atomic mass is 16.8. The summed E-state index contributed by atoms with van der Waals surface area (Å²) in [4.78, 5) is 27.0. The number of methoxy groups -OCH3 is 3. The van der Waals surface area contributed by atoms with Crippen LogP contribution in [0.5, 0.6) is 0 Å². The first-order valence-electron chi connectivity index (χ1n) is 26.9. The molecule has 0 spiro atoms. The highest BCUT2D eigenvalue weighted by Gasteiger charge is 2.81. The van der Waals surface area contributed by atoms with Gasteiger partial charge >= 0.3 is 5.97 Å². The van der Waals surface area contributed by atoms with Crippen LogP contribution < -0.4 is 0 Å². The molecule has 9 rings (SSSR count). The maximum atomic E-state index is 13.7. The third-order valence-electron chi connectivity index (χ3n) is 19.1. The number of benzene rings is 1. The first-order chi connectivity index (χ1) is 35.0. The first-order valence-corrected chi connectivity index (χ1v) is 26.9. The lowest BCUT2D eigenvalue weighted by atomic mass is 9.42. The Balaban J connectivity index is 0.799. The zero-order valence-electron chi connectivity index (χ0n) is 44.7. The van der Waals surface area contributed by atoms with Crippen LogP contribution in [0.2, 0.25) is 0 Å². The Hall–Kier alpha value is -2.54. The molecule has 3 saturated carbocycles. The second-order valence-electron chi connectivity index (χ2n) is 23.0. The van der Waals surface area contributed by atoms with Crippen LogP contribution in [0.15, 0.2) is 42.0 Å². The summed E-state index contributed by atoms with van der Waals surface area (Å²) in [6.07, 6.45) is -6.00. The van der Waals surface area contributed by atoms with Gasteiger partial charge in [0.25, 0.3) is 0 Å². The van der Waals surface area contributed by atoms with Gasteiger partial charge in [-0.05, 0) is 104 Å². The number of rotatable bonds is 14. The lowest BCUT2D eigenvalue weighted by Crippen LogP contribution is -2.78. The lowest BCUT2D eigenvalue weighted by molar-refractivity contribution is -0.346. The van der Waals surface area contributed by atoms with E-state index in [1.54, 1.807) is 65.5 Å². The molecule has 0 amide bonds. The number of ketones is 1. The van der Waals surface area contributed by atoms with Crippen molar-refractivity contribution in [2.45, 2.75) is 247 Å². The summed E-state index contributed by atoms with van der Waals surface area (Å²) in [6.45, 7) is 12.3. The number of carbonyl (C=O) groups excluding carboxylic acids is 2. The molecule has 0 bridgehead atoms. The molecule has 24 atom stereocenters. The Morgan fingerprint density at radius 2 is 1.18 bits per heavy atom. The van der Waals surface area contributed by atoms with Gasteiger partial charge in [-0.3, -0.25) is 4.79 Å². The van der Waals surface area contributed by atoms with Gasteiger partial charge in [-0.2, -0.15) is 0 Å². The molecule has 8 aliphatic rings. The van der Waals surface area contributed by atoms with E-state index in [9.17, 15) is 35.1 Å². The van der Waals surface area contributed by atoms with Crippen LogP contribution in [-0.4, -0.2) is 186 Å². The third kappa shape index (κ3) is 9.67. The van der Waals surface area contributed by atoms with E-state index in [4.69, 9.17) is 56.8 Å². The summed E-state index contributed by atoms with van der Waals surface area (Å²) in [5.41, 5.74) is -6.80. The smallest absolute Gasteiger partial charge is 0.338 e. The normalized spacial score (nSPS) is 49.4. The number of carbonyl (C=O) groups is 2. The molecule has 1 aromatic carbocycles. The standard InChI is InChI=1S/C55H82O19/c1-28-46(58)37(63-8)24-43(66-28)73-48-31(4)69-45(26-39(48)65-10)74-49-30(3)68-44(25-38(49)64-9)72-47-29(2)67-42(23-36(47)57)70-35-17-18-51(6)34(22-35)16-19-54(61)40(51)27-41(71-50(59)33-14-12-11-13-15-33)52(7)53(60,32(5)56)20-21-55(52,54)62/h11-16,28-31,35-49,57-58,60-62H,17-27H2,1-10H3/t28-,29-,30-,31-,35+,36+,37-,38+,39-,40-,41-,42+,43+,44+,45+,46-,47-,48-,49-,51+,52-,53-,54+,55-/m1/s1. The van der Waals surface area contributed by atoms with E-state index in [1.807, 2.05) is 26.8 Å². The SMILES string of the molecule is CO[C@H]1C[C@H](O[C@H]2[C@@H](O)C[C@H](O[C@H]3CC[C@@]4(C)C(=CC[C@]5(O)[C@@H]4C[C@@H](OC(=O)c4ccccc4)[C@@]4(C)[C@]5(O)CC[C@@]4(O)C(C)=O)C3)O[C@@H]2C)O[C@H](C)[C@H]1O[C@H]1C[C@@H](OC)[C@H](O[C@H]2C[C@@H](OC)[C@H](O)[C@@H](C)O2)[C@@H](C)O1. The highest BCUT2D eigenvalue weighted by molar-refractivity contribution is 5.90. The van der Waals surface area contributed by atoms with E-state index >= 15 is 0 Å². The molecule has 0 radical (unpaired) electrons. The van der Waals surface area contributed by atoms with Crippen LogP contribution >= 0.6 is 0 Å². The molecular formula is C55H82O19. The molecule has 5 N–H and O–H groups in total. The fourth-order valence-corrected chi connectivity index (χ4v) is 14.6. The number of fused-ring (bicyclic) bond motifs is 5. The topological polar surface area (TPSA) is 246 Å². The largest absolute Gasteiger partial charge is 0.458 e. The molecule has 7 fully saturated rings. The minimum Gasteiger partial charge on any atom is -0.458 e. The van der Waals surface area contributed by atoms with Gasteiger partial charge in [-0.1, -0.05) is 36.8 Å². The first kappa shape index (κ1) is 56.2. The molecule has 19 heteroatoms.